The van der Waals surface area contributed by atoms with Crippen molar-refractivity contribution in [1.82, 2.24) is 9.97 Å². The summed E-state index contributed by atoms with van der Waals surface area (Å²) in [6.07, 6.45) is 2.67. The van der Waals surface area contributed by atoms with E-state index in [1.54, 1.807) is 12.3 Å². The summed E-state index contributed by atoms with van der Waals surface area (Å²) in [7, 11) is 0. The molecule has 0 unspecified atom stereocenters. The molecule has 0 aliphatic rings. The summed E-state index contributed by atoms with van der Waals surface area (Å²) >= 11 is 0. The molecule has 0 radical (unpaired) electrons. The number of hydrogen-bond donors (Lipinski definition) is 0. The van der Waals surface area contributed by atoms with Crippen LogP contribution < -0.4 is 4.90 Å². The average Bonchev–Trinajstić information content (AvgIpc) is 2.26. The normalized spacial score (nSPS) is 9.50. The minimum absolute atomic E-state index is 0.421. The van der Waals surface area contributed by atoms with Gasteiger partial charge in [-0.2, -0.15) is 5.26 Å². The minimum Gasteiger partial charge on any atom is -0.341 e. The molecule has 0 aliphatic carbocycles. The fourth-order valence-corrected chi connectivity index (χ4v) is 1.23. The zero-order valence-corrected chi connectivity index (χ0v) is 8.56. The summed E-state index contributed by atoms with van der Waals surface area (Å²) in [6.45, 7) is 5.95. The second-order valence-electron chi connectivity index (χ2n) is 2.93. The zero-order chi connectivity index (χ0) is 10.4. The van der Waals surface area contributed by atoms with Crippen molar-refractivity contribution >= 4 is 5.95 Å². The first kappa shape index (κ1) is 10.5. The first-order valence-electron chi connectivity index (χ1n) is 4.79. The first-order valence-corrected chi connectivity index (χ1v) is 4.79. The summed E-state index contributed by atoms with van der Waals surface area (Å²) in [5.74, 6) is 0.647. The molecule has 0 fully saturated rings. The van der Waals surface area contributed by atoms with Gasteiger partial charge in [0.2, 0.25) is 5.95 Å². The van der Waals surface area contributed by atoms with Crippen molar-refractivity contribution in [3.63, 3.8) is 0 Å². The van der Waals surface area contributed by atoms with Gasteiger partial charge in [-0.05, 0) is 19.4 Å². The van der Waals surface area contributed by atoms with Crippen molar-refractivity contribution < 1.29 is 0 Å². The van der Waals surface area contributed by atoms with Crippen LogP contribution in [0.3, 0.4) is 0 Å². The van der Waals surface area contributed by atoms with Gasteiger partial charge in [0, 0.05) is 19.3 Å². The van der Waals surface area contributed by atoms with Crippen LogP contribution >= 0.6 is 0 Å². The van der Waals surface area contributed by atoms with Crippen LogP contribution in [-0.4, -0.2) is 23.1 Å². The molecule has 4 nitrogen and oxygen atoms in total. The topological polar surface area (TPSA) is 52.8 Å². The van der Waals surface area contributed by atoms with Gasteiger partial charge < -0.3 is 4.90 Å². The highest BCUT2D eigenvalue weighted by Gasteiger charge is 2.06. The molecule has 74 valence electrons. The third-order valence-electron chi connectivity index (χ3n) is 1.92. The maximum absolute atomic E-state index is 8.69. The van der Waals surface area contributed by atoms with Gasteiger partial charge in [0.1, 0.15) is 11.8 Å². The van der Waals surface area contributed by atoms with E-state index in [9.17, 15) is 0 Å². The lowest BCUT2D eigenvalue weighted by atomic mass is 10.4. The lowest BCUT2D eigenvalue weighted by molar-refractivity contribution is 0.761. The SMILES string of the molecule is CCCN(CC)c1nccc(C#N)n1. The number of hydrogen-bond acceptors (Lipinski definition) is 4. The fourth-order valence-electron chi connectivity index (χ4n) is 1.23. The molecule has 14 heavy (non-hydrogen) atoms. The van der Waals surface area contributed by atoms with Crippen LogP contribution in [0.25, 0.3) is 0 Å². The van der Waals surface area contributed by atoms with Gasteiger partial charge in [-0.25, -0.2) is 9.97 Å². The highest BCUT2D eigenvalue weighted by Crippen LogP contribution is 2.07. The van der Waals surface area contributed by atoms with Crippen LogP contribution in [0.15, 0.2) is 12.3 Å². The second-order valence-corrected chi connectivity index (χ2v) is 2.93. The van der Waals surface area contributed by atoms with E-state index >= 15 is 0 Å². The van der Waals surface area contributed by atoms with E-state index in [-0.39, 0.29) is 0 Å². The van der Waals surface area contributed by atoms with Gasteiger partial charge in [-0.3, -0.25) is 0 Å². The molecule has 1 aromatic rings. The van der Waals surface area contributed by atoms with E-state index in [2.05, 4.69) is 28.7 Å². The van der Waals surface area contributed by atoms with Crippen molar-refractivity contribution in [3.8, 4) is 6.07 Å². The highest BCUT2D eigenvalue weighted by molar-refractivity contribution is 5.33. The number of rotatable bonds is 4. The molecule has 1 heterocycles. The van der Waals surface area contributed by atoms with Gasteiger partial charge in [-0.15, -0.1) is 0 Å². The van der Waals surface area contributed by atoms with Crippen LogP contribution in [-0.2, 0) is 0 Å². The van der Waals surface area contributed by atoms with Crippen LogP contribution in [0, 0.1) is 11.3 Å². The molecule has 0 saturated carbocycles. The molecular weight excluding hydrogens is 176 g/mol. The van der Waals surface area contributed by atoms with Crippen molar-refractivity contribution in [2.24, 2.45) is 0 Å². The van der Waals surface area contributed by atoms with E-state index in [1.807, 2.05) is 6.07 Å². The van der Waals surface area contributed by atoms with Crippen LogP contribution in [0.1, 0.15) is 26.0 Å². The number of anilines is 1. The smallest absolute Gasteiger partial charge is 0.226 e. The quantitative estimate of drug-likeness (QED) is 0.723. The maximum atomic E-state index is 8.69. The van der Waals surface area contributed by atoms with Crippen molar-refractivity contribution in [2.45, 2.75) is 20.3 Å². The maximum Gasteiger partial charge on any atom is 0.226 e. The molecule has 0 amide bonds. The molecule has 0 aromatic carbocycles. The monoisotopic (exact) mass is 190 g/mol. The number of nitriles is 1. The molecule has 0 atom stereocenters. The van der Waals surface area contributed by atoms with Gasteiger partial charge in [0.05, 0.1) is 0 Å². The lowest BCUT2D eigenvalue weighted by Crippen LogP contribution is -2.25. The van der Waals surface area contributed by atoms with Crippen molar-refractivity contribution in [2.75, 3.05) is 18.0 Å². The van der Waals surface area contributed by atoms with Gasteiger partial charge >= 0.3 is 0 Å². The molecule has 1 rings (SSSR count). The predicted molar refractivity (Wildman–Crippen MR) is 54.9 cm³/mol. The van der Waals surface area contributed by atoms with Crippen LogP contribution in [0.5, 0.6) is 0 Å². The molecule has 0 aliphatic heterocycles. The standard InChI is InChI=1S/C10H14N4/c1-3-7-14(4-2)10-12-6-5-9(8-11)13-10/h5-6H,3-4,7H2,1-2H3. The Morgan fingerprint density at radius 3 is 2.86 bits per heavy atom. The Labute approximate surface area is 84.2 Å². The van der Waals surface area contributed by atoms with Crippen molar-refractivity contribution in [1.29, 1.82) is 5.26 Å². The third kappa shape index (κ3) is 2.43. The fraction of sp³-hybridized carbons (Fsp3) is 0.500. The molecule has 0 N–H and O–H groups in total. The largest absolute Gasteiger partial charge is 0.341 e. The van der Waals surface area contributed by atoms with E-state index < -0.39 is 0 Å². The van der Waals surface area contributed by atoms with E-state index in [0.717, 1.165) is 19.5 Å². The van der Waals surface area contributed by atoms with Crippen molar-refractivity contribution in [3.05, 3.63) is 18.0 Å². The Bertz CT molecular complexity index is 329. The number of aromatic nitrogens is 2. The van der Waals surface area contributed by atoms with Crippen LogP contribution in [0.4, 0.5) is 5.95 Å². The summed E-state index contributed by atoms with van der Waals surface area (Å²) in [6, 6.07) is 3.63. The third-order valence-corrected chi connectivity index (χ3v) is 1.92. The van der Waals surface area contributed by atoms with Gasteiger partial charge in [0.25, 0.3) is 0 Å². The van der Waals surface area contributed by atoms with Crippen LogP contribution in [0.2, 0.25) is 0 Å². The summed E-state index contributed by atoms with van der Waals surface area (Å²) in [5, 5.41) is 8.69. The minimum atomic E-state index is 0.421. The Morgan fingerprint density at radius 1 is 1.50 bits per heavy atom. The Balaban J connectivity index is 2.87. The first-order chi connectivity index (χ1) is 6.81. The average molecular weight is 190 g/mol. The highest BCUT2D eigenvalue weighted by atomic mass is 15.2. The molecule has 1 aromatic heterocycles. The predicted octanol–water partition coefficient (Wildman–Crippen LogP) is 1.58. The van der Waals surface area contributed by atoms with Gasteiger partial charge in [0.15, 0.2) is 0 Å². The summed E-state index contributed by atoms with van der Waals surface area (Å²) < 4.78 is 0. The molecule has 0 spiro atoms. The summed E-state index contributed by atoms with van der Waals surface area (Å²) in [5.41, 5.74) is 0.421. The Hall–Kier alpha value is -1.63. The second kappa shape index (κ2) is 5.18. The molecule has 4 heteroatoms. The molecule has 0 saturated heterocycles. The Kier molecular flexibility index (Phi) is 3.86. The lowest BCUT2D eigenvalue weighted by Gasteiger charge is -2.19. The van der Waals surface area contributed by atoms with E-state index in [1.165, 1.54) is 0 Å². The Morgan fingerprint density at radius 2 is 2.29 bits per heavy atom. The van der Waals surface area contributed by atoms with Gasteiger partial charge in [-0.1, -0.05) is 6.92 Å². The molecule has 0 bridgehead atoms. The summed E-state index contributed by atoms with van der Waals surface area (Å²) in [4.78, 5) is 10.3. The van der Waals surface area contributed by atoms with E-state index in [0.29, 0.717) is 11.6 Å². The molecular formula is C10H14N4. The van der Waals surface area contributed by atoms with E-state index in [4.69, 9.17) is 5.26 Å². The zero-order valence-electron chi connectivity index (χ0n) is 8.56. The number of nitrogens with zero attached hydrogens (tertiary/aromatic N) is 4.